The van der Waals surface area contributed by atoms with Crippen molar-refractivity contribution in [2.24, 2.45) is 5.73 Å². The van der Waals surface area contributed by atoms with Crippen LogP contribution in [0.1, 0.15) is 16.7 Å². The molecular formula is C19H53B12NO36. The van der Waals surface area contributed by atoms with Crippen molar-refractivity contribution in [3.8, 4) is 0 Å². The minimum atomic E-state index is -2.17. The quantitative estimate of drug-likeness (QED) is 0.0856. The van der Waals surface area contributed by atoms with Gasteiger partial charge >= 0.3 is 87.9 Å². The Morgan fingerprint density at radius 2 is 0.265 bits per heavy atom. The molecule has 3 aromatic carbocycles. The molecule has 386 valence electrons. The summed E-state index contributed by atoms with van der Waals surface area (Å²) in [6, 6.07) is 30.7. The molecule has 0 radical (unpaired) electrons. The van der Waals surface area contributed by atoms with Crippen molar-refractivity contribution >= 4 is 87.9 Å². The second-order valence-corrected chi connectivity index (χ2v) is 9.06. The highest BCUT2D eigenvalue weighted by Gasteiger charge is 2.31. The van der Waals surface area contributed by atoms with Crippen molar-refractivity contribution in [1.82, 2.24) is 0 Å². The minimum absolute atomic E-state index is 0.621. The van der Waals surface area contributed by atoms with Crippen molar-refractivity contribution in [2.45, 2.75) is 5.54 Å². The van der Waals surface area contributed by atoms with E-state index in [-0.39, 0.29) is 0 Å². The van der Waals surface area contributed by atoms with E-state index < -0.39 is 93.4 Å². The summed E-state index contributed by atoms with van der Waals surface area (Å²) in [5, 5.41) is 258. The number of benzene rings is 3. The van der Waals surface area contributed by atoms with E-state index in [0.717, 1.165) is 16.7 Å². The summed E-state index contributed by atoms with van der Waals surface area (Å²) in [6.45, 7) is 0. The maximum Gasteiger partial charge on any atom is 0.631 e. The molecule has 0 heterocycles. The molecule has 0 saturated heterocycles. The third-order valence-corrected chi connectivity index (χ3v) is 3.69. The average molecular weight is 1000 g/mol. The molecule has 38 N–H and O–H groups in total. The average Bonchev–Trinajstić information content (AvgIpc) is 3.10. The number of hydrogen-bond donors (Lipinski definition) is 37. The van der Waals surface area contributed by atoms with Crippen LogP contribution in [0.5, 0.6) is 0 Å². The lowest BCUT2D eigenvalue weighted by Crippen LogP contribution is -2.39. The van der Waals surface area contributed by atoms with Crippen LogP contribution in [-0.2, 0) is 5.54 Å². The summed E-state index contributed by atoms with van der Waals surface area (Å²) in [5.41, 5.74) is 9.53. The Morgan fingerprint density at radius 1 is 0.191 bits per heavy atom. The number of nitrogens with two attached hydrogens (primary N) is 1. The Morgan fingerprint density at radius 3 is 0.338 bits per heavy atom. The molecular weight excluding hydrogens is 948 g/mol. The van der Waals surface area contributed by atoms with Crippen LogP contribution < -0.4 is 5.73 Å². The van der Waals surface area contributed by atoms with Crippen LogP contribution in [0.25, 0.3) is 0 Å². The van der Waals surface area contributed by atoms with E-state index in [0.29, 0.717) is 0 Å². The molecule has 0 aliphatic heterocycles. The van der Waals surface area contributed by atoms with Gasteiger partial charge in [0.05, 0.1) is 5.54 Å². The maximum absolute atomic E-state index is 7.17. The summed E-state index contributed by atoms with van der Waals surface area (Å²) in [5.74, 6) is 0. The van der Waals surface area contributed by atoms with E-state index >= 15 is 0 Å². The summed E-state index contributed by atoms with van der Waals surface area (Å²) < 4.78 is 0. The van der Waals surface area contributed by atoms with Gasteiger partial charge in [-0.3, -0.25) is 0 Å². The van der Waals surface area contributed by atoms with Crippen molar-refractivity contribution in [1.29, 1.82) is 0 Å². The number of hydrogen-bond acceptors (Lipinski definition) is 37. The number of rotatable bonds is 3. The highest BCUT2D eigenvalue weighted by molar-refractivity contribution is 6.33. The van der Waals surface area contributed by atoms with Gasteiger partial charge in [0.1, 0.15) is 0 Å². The Bertz CT molecular complexity index is 1030. The van der Waals surface area contributed by atoms with Gasteiger partial charge < -0.3 is 187 Å². The van der Waals surface area contributed by atoms with Gasteiger partial charge in [-0.25, -0.2) is 0 Å². The molecule has 0 saturated carbocycles. The van der Waals surface area contributed by atoms with Crippen molar-refractivity contribution in [3.63, 3.8) is 0 Å². The standard InChI is InChI=1S/C19H17N.12BH3O3/c20-19(16-10-4-1-5-11-16,17-12-6-2-7-13-17)18-14-8-3-9-15-18;12*2-1(3)4/h1-15H,20H2;12*2-4H. The monoisotopic (exact) mass is 1000 g/mol. The van der Waals surface area contributed by atoms with Gasteiger partial charge in [-0.05, 0) is 16.7 Å². The normalized spacial score (nSPS) is 8.07. The smallest absolute Gasteiger partial charge is 0.402 e. The molecule has 0 atom stereocenters. The molecule has 0 bridgehead atoms. The van der Waals surface area contributed by atoms with Gasteiger partial charge in [0.2, 0.25) is 0 Å². The summed E-state index contributed by atoms with van der Waals surface area (Å²) in [7, 11) is -26.0. The van der Waals surface area contributed by atoms with Gasteiger partial charge in [-0.1, -0.05) is 91.0 Å². The molecule has 0 fully saturated rings. The fraction of sp³-hybridized carbons (Fsp3) is 0.0526. The highest BCUT2D eigenvalue weighted by Crippen LogP contribution is 2.33. The van der Waals surface area contributed by atoms with E-state index in [9.17, 15) is 0 Å². The second kappa shape index (κ2) is 64.0. The molecule has 3 rings (SSSR count). The first-order valence-corrected chi connectivity index (χ1v) is 16.1. The second-order valence-electron chi connectivity index (χ2n) is 9.06. The predicted octanol–water partition coefficient (Wildman–Crippen LogP) is -20.7. The van der Waals surface area contributed by atoms with Crippen LogP contribution >= 0.6 is 0 Å². The minimum Gasteiger partial charge on any atom is -0.402 e. The van der Waals surface area contributed by atoms with Gasteiger partial charge in [-0.2, -0.15) is 0 Å². The first-order chi connectivity index (χ1) is 30.6. The Kier molecular flexibility index (Phi) is 82.7. The molecule has 68 heavy (non-hydrogen) atoms. The van der Waals surface area contributed by atoms with Crippen molar-refractivity contribution < 1.29 is 181 Å². The summed E-state index contributed by atoms with van der Waals surface area (Å²) >= 11 is 0. The van der Waals surface area contributed by atoms with E-state index in [1.807, 2.05) is 54.6 Å². The van der Waals surface area contributed by atoms with Crippen LogP contribution in [0.2, 0.25) is 0 Å². The van der Waals surface area contributed by atoms with Crippen LogP contribution in [0.15, 0.2) is 91.0 Å². The zero-order chi connectivity index (χ0) is 56.8. The van der Waals surface area contributed by atoms with E-state index in [4.69, 9.17) is 187 Å². The Labute approximate surface area is 387 Å². The lowest BCUT2D eigenvalue weighted by Gasteiger charge is -2.31. The van der Waals surface area contributed by atoms with E-state index in [2.05, 4.69) is 36.4 Å². The fourth-order valence-corrected chi connectivity index (χ4v) is 2.60. The topological polar surface area (TPSA) is 754 Å². The molecule has 0 amide bonds. The van der Waals surface area contributed by atoms with E-state index in [1.54, 1.807) is 0 Å². The maximum atomic E-state index is 7.17. The van der Waals surface area contributed by atoms with Crippen molar-refractivity contribution in [3.05, 3.63) is 108 Å². The molecule has 49 heteroatoms. The molecule has 0 aliphatic carbocycles. The van der Waals surface area contributed by atoms with Crippen LogP contribution in [0, 0.1) is 0 Å². The summed E-state index contributed by atoms with van der Waals surface area (Å²) in [4.78, 5) is 0. The lowest BCUT2D eigenvalue weighted by molar-refractivity contribution is 0.276. The van der Waals surface area contributed by atoms with Crippen molar-refractivity contribution in [2.75, 3.05) is 0 Å². The first kappa shape index (κ1) is 88.0. The zero-order valence-corrected chi connectivity index (χ0v) is 34.3. The molecule has 0 aromatic heterocycles. The third-order valence-electron chi connectivity index (χ3n) is 3.69. The fourth-order valence-electron chi connectivity index (χ4n) is 2.60. The van der Waals surface area contributed by atoms with Gasteiger partial charge in [0, 0.05) is 0 Å². The Hall–Kier alpha value is -3.04. The van der Waals surface area contributed by atoms with E-state index in [1.165, 1.54) is 0 Å². The van der Waals surface area contributed by atoms with Crippen LogP contribution in [0.3, 0.4) is 0 Å². The van der Waals surface area contributed by atoms with Gasteiger partial charge in [-0.15, -0.1) is 0 Å². The van der Waals surface area contributed by atoms with Crippen LogP contribution in [-0.4, -0.2) is 269 Å². The lowest BCUT2D eigenvalue weighted by atomic mass is 9.78. The zero-order valence-electron chi connectivity index (χ0n) is 34.3. The predicted molar refractivity (Wildman–Crippen MR) is 232 cm³/mol. The largest absolute Gasteiger partial charge is 0.631 e. The van der Waals surface area contributed by atoms with Gasteiger partial charge in [0.25, 0.3) is 0 Å². The van der Waals surface area contributed by atoms with Gasteiger partial charge in [0.15, 0.2) is 0 Å². The summed E-state index contributed by atoms with van der Waals surface area (Å²) in [6.07, 6.45) is 0. The molecule has 3 aromatic rings. The molecule has 37 nitrogen and oxygen atoms in total. The SMILES string of the molecule is NC(c1ccccc1)(c1ccccc1)c1ccccc1.OB(O)O.OB(O)O.OB(O)O.OB(O)O.OB(O)O.OB(O)O.OB(O)O.OB(O)O.OB(O)O.OB(O)O.OB(O)O.OB(O)O. The third kappa shape index (κ3) is 159. The van der Waals surface area contributed by atoms with Crippen LogP contribution in [0.4, 0.5) is 0 Å². The molecule has 0 aliphatic rings. The Balaban J connectivity index is -0.0000000740. The molecule has 0 spiro atoms. The highest BCUT2D eigenvalue weighted by atomic mass is 16.6. The first-order valence-electron chi connectivity index (χ1n) is 16.1. The molecule has 0 unspecified atom stereocenters.